The molecule has 0 saturated carbocycles. The highest BCUT2D eigenvalue weighted by Gasteiger charge is 2.25. The van der Waals surface area contributed by atoms with Gasteiger partial charge in [0.15, 0.2) is 0 Å². The molecule has 0 aliphatic carbocycles. The molecule has 1 fully saturated rings. The summed E-state index contributed by atoms with van der Waals surface area (Å²) in [4.78, 5) is 0. The van der Waals surface area contributed by atoms with Gasteiger partial charge in [-0.1, -0.05) is 0 Å². The minimum Gasteiger partial charge on any atom is -0.309 e. The van der Waals surface area contributed by atoms with Crippen LogP contribution in [0.15, 0.2) is 0 Å². The predicted molar refractivity (Wildman–Crippen MR) is 44.1 cm³/mol. The van der Waals surface area contributed by atoms with Crippen molar-refractivity contribution in [2.45, 2.75) is 51.5 Å². The predicted octanol–water partition coefficient (Wildman–Crippen LogP) is 0.733. The van der Waals surface area contributed by atoms with Crippen LogP contribution in [0, 0.1) is 0 Å². The Hall–Kier alpha value is -0.0800. The van der Waals surface area contributed by atoms with Crippen molar-refractivity contribution in [3.8, 4) is 0 Å². The zero-order valence-electron chi connectivity index (χ0n) is 21.0. The van der Waals surface area contributed by atoms with Gasteiger partial charge in [-0.2, -0.15) is 0 Å². The molecule has 60 valence electrons. The zero-order valence-corrected chi connectivity index (χ0v) is 5.00. The Balaban J connectivity index is 3.94. The highest BCUT2D eigenvalue weighted by molar-refractivity contribution is 4.89. The largest absolute Gasteiger partial charge is 0.309 e. The summed E-state index contributed by atoms with van der Waals surface area (Å²) in [5.41, 5.74) is 0. The molecule has 1 heterocycles. The summed E-state index contributed by atoms with van der Waals surface area (Å²) >= 11 is 0. The minimum atomic E-state index is -3.68. The molecule has 4 atom stereocenters. The van der Waals surface area contributed by atoms with Gasteiger partial charge in [0.1, 0.15) is 0 Å². The van der Waals surface area contributed by atoms with Gasteiger partial charge in [-0.15, -0.1) is 0 Å². The molecule has 0 aromatic rings. The monoisotopic (exact) mass is 158 g/mol. The van der Waals surface area contributed by atoms with Gasteiger partial charge in [0.2, 0.25) is 0 Å². The minimum absolute atomic E-state index is 1.43. The highest BCUT2D eigenvalue weighted by atomic mass is 15.1. The van der Waals surface area contributed by atoms with E-state index >= 15 is 0 Å². The molecule has 1 aliphatic heterocycles. The maximum atomic E-state index is 8.08. The molecule has 0 aromatic carbocycles. The van der Waals surface area contributed by atoms with Crippen molar-refractivity contribution in [3.05, 3.63) is 0 Å². The first-order valence-electron chi connectivity index (χ1n) is 10.5. The molecule has 1 aliphatic rings. The van der Waals surface area contributed by atoms with Crippen molar-refractivity contribution >= 4 is 0 Å². The second kappa shape index (κ2) is 2.89. The van der Waals surface area contributed by atoms with Gasteiger partial charge in [-0.05, 0) is 27.4 Å². The summed E-state index contributed by atoms with van der Waals surface area (Å²) in [5, 5.41) is 2.86. The standard InChI is InChI=1S/C8H18N2/c1-5-6(2)10-8(4)7(3)9-5/h5-10H,1-4H3/i1D3,2D3,3D3,4D3,5D,6D,7D,8D. The molecule has 2 nitrogen and oxygen atoms in total. The molecule has 1 rings (SSSR count). The van der Waals surface area contributed by atoms with Crippen molar-refractivity contribution in [2.24, 2.45) is 0 Å². The van der Waals surface area contributed by atoms with E-state index in [9.17, 15) is 0 Å². The first-order chi connectivity index (χ1) is 10.9. The lowest BCUT2D eigenvalue weighted by Crippen LogP contribution is -2.62. The van der Waals surface area contributed by atoms with E-state index in [0.717, 1.165) is 0 Å². The third-order valence-corrected chi connectivity index (χ3v) is 1.00. The summed E-state index contributed by atoms with van der Waals surface area (Å²) in [7, 11) is 0. The Morgan fingerprint density at radius 2 is 1.20 bits per heavy atom. The number of hydrogen-bond donors (Lipinski definition) is 2. The molecule has 0 spiro atoms. The summed E-state index contributed by atoms with van der Waals surface area (Å²) in [6.45, 7) is -14.7. The topological polar surface area (TPSA) is 24.1 Å². The van der Waals surface area contributed by atoms with Crippen molar-refractivity contribution in [1.82, 2.24) is 10.6 Å². The molecule has 1 saturated heterocycles. The normalized spacial score (nSPS) is 107. The van der Waals surface area contributed by atoms with E-state index in [2.05, 4.69) is 0 Å². The van der Waals surface area contributed by atoms with E-state index < -0.39 is 51.5 Å². The molecule has 4 unspecified atom stereocenters. The lowest BCUT2D eigenvalue weighted by Gasteiger charge is -2.38. The fourth-order valence-electron chi connectivity index (χ4n) is 0.500. The molecule has 0 aromatic heterocycles. The van der Waals surface area contributed by atoms with Crippen LogP contribution in [-0.2, 0) is 0 Å². The summed E-state index contributed by atoms with van der Waals surface area (Å²) < 4.78 is 121. The van der Waals surface area contributed by atoms with E-state index in [1.165, 1.54) is 10.6 Å². The molecule has 10 heavy (non-hydrogen) atoms. The Morgan fingerprint density at radius 1 is 0.900 bits per heavy atom. The molecular formula is C8H18N2. The van der Waals surface area contributed by atoms with Crippen LogP contribution in [0.3, 0.4) is 0 Å². The van der Waals surface area contributed by atoms with Crippen LogP contribution < -0.4 is 10.6 Å². The van der Waals surface area contributed by atoms with Gasteiger partial charge in [0, 0.05) is 46.0 Å². The van der Waals surface area contributed by atoms with Gasteiger partial charge in [-0.3, -0.25) is 0 Å². The second-order valence-electron chi connectivity index (χ2n) is 1.75. The van der Waals surface area contributed by atoms with E-state index in [1.807, 2.05) is 0 Å². The zero-order chi connectivity index (χ0) is 21.4. The molecule has 0 amide bonds. The van der Waals surface area contributed by atoms with Crippen LogP contribution >= 0.6 is 0 Å². The fraction of sp³-hybridized carbons (Fsp3) is 1.00. The van der Waals surface area contributed by atoms with Gasteiger partial charge in [-0.25, -0.2) is 0 Å². The van der Waals surface area contributed by atoms with Gasteiger partial charge >= 0.3 is 0 Å². The lowest BCUT2D eigenvalue weighted by atomic mass is 10.0. The first-order valence-corrected chi connectivity index (χ1v) is 2.50. The van der Waals surface area contributed by atoms with E-state index in [4.69, 9.17) is 21.9 Å². The van der Waals surface area contributed by atoms with Crippen LogP contribution in [0.1, 0.15) is 49.3 Å². The van der Waals surface area contributed by atoms with Gasteiger partial charge in [0.25, 0.3) is 0 Å². The summed E-state index contributed by atoms with van der Waals surface area (Å²) in [6.07, 6.45) is 0. The Labute approximate surface area is 85.9 Å². The third kappa shape index (κ3) is 1.50. The van der Waals surface area contributed by atoms with E-state index in [-0.39, 0.29) is 0 Å². The van der Waals surface area contributed by atoms with Crippen molar-refractivity contribution in [1.29, 1.82) is 0 Å². The maximum absolute atomic E-state index is 8.08. The van der Waals surface area contributed by atoms with Crippen LogP contribution in [-0.4, -0.2) is 24.1 Å². The smallest absolute Gasteiger partial charge is 0.0478 e. The average Bonchev–Trinajstić information content (AvgIpc) is 2.30. The number of hydrogen-bond acceptors (Lipinski definition) is 2. The molecule has 0 bridgehead atoms. The second-order valence-corrected chi connectivity index (χ2v) is 1.75. The van der Waals surface area contributed by atoms with Gasteiger partial charge in [0.05, 0.1) is 0 Å². The number of nitrogens with one attached hydrogen (secondary N) is 2. The summed E-state index contributed by atoms with van der Waals surface area (Å²) in [6, 6.07) is -14.6. The van der Waals surface area contributed by atoms with E-state index in [1.54, 1.807) is 0 Å². The van der Waals surface area contributed by atoms with E-state index in [0.29, 0.717) is 0 Å². The fourth-order valence-corrected chi connectivity index (χ4v) is 0.500. The quantitative estimate of drug-likeness (QED) is 0.543. The molecule has 2 heteroatoms. The van der Waals surface area contributed by atoms with Crippen LogP contribution in [0.2, 0.25) is 0 Å². The Morgan fingerprint density at radius 3 is 1.40 bits per heavy atom. The molecule has 2 N–H and O–H groups in total. The average molecular weight is 158 g/mol. The van der Waals surface area contributed by atoms with Crippen LogP contribution in [0.5, 0.6) is 0 Å². The molecule has 0 radical (unpaired) electrons. The third-order valence-electron chi connectivity index (χ3n) is 1.00. The van der Waals surface area contributed by atoms with Crippen molar-refractivity contribution in [2.75, 3.05) is 0 Å². The lowest BCUT2D eigenvalue weighted by molar-refractivity contribution is 0.250. The van der Waals surface area contributed by atoms with Crippen LogP contribution in [0.25, 0.3) is 0 Å². The number of piperazine rings is 1. The van der Waals surface area contributed by atoms with Crippen LogP contribution in [0.4, 0.5) is 0 Å². The maximum Gasteiger partial charge on any atom is 0.0478 e. The SMILES string of the molecule is [2H]C([2H])([2H])C1([2H])NC([2H])(C([2H])([2H])[2H])C([2H])(C([2H])([2H])[2H])NC1([2H])C([2H])([2H])[2H]. The Kier molecular flexibility index (Phi) is 0.339. The summed E-state index contributed by atoms with van der Waals surface area (Å²) in [5.74, 6) is 0. The van der Waals surface area contributed by atoms with Gasteiger partial charge < -0.3 is 10.6 Å². The first kappa shape index (κ1) is 1.17. The van der Waals surface area contributed by atoms with Crippen molar-refractivity contribution in [3.63, 3.8) is 0 Å². The molecular weight excluding hydrogens is 124 g/mol. The highest BCUT2D eigenvalue weighted by Crippen LogP contribution is 2.05. The number of rotatable bonds is 0. The van der Waals surface area contributed by atoms with Crippen molar-refractivity contribution < 1.29 is 21.9 Å². The Bertz CT molecular complexity index is 461.